The van der Waals surface area contributed by atoms with Crippen LogP contribution in [0.5, 0.6) is 0 Å². The molecule has 0 radical (unpaired) electrons. The molecule has 5 heteroatoms. The zero-order valence-corrected chi connectivity index (χ0v) is 11.2. The Morgan fingerprint density at radius 1 is 1.50 bits per heavy atom. The fraction of sp³-hybridized carbons (Fsp3) is 0.692. The van der Waals surface area contributed by atoms with Crippen molar-refractivity contribution in [3.8, 4) is 0 Å². The van der Waals surface area contributed by atoms with E-state index in [0.29, 0.717) is 0 Å². The lowest BCUT2D eigenvalue weighted by molar-refractivity contribution is -0.0326. The van der Waals surface area contributed by atoms with Gasteiger partial charge in [-0.1, -0.05) is 13.8 Å². The highest BCUT2D eigenvalue weighted by atomic mass is 16.5. The molecule has 0 spiro atoms. The van der Waals surface area contributed by atoms with Crippen molar-refractivity contribution in [1.29, 1.82) is 0 Å². The fourth-order valence-electron chi connectivity index (χ4n) is 2.07. The Balaban J connectivity index is 2.02. The van der Waals surface area contributed by atoms with Gasteiger partial charge in [0.1, 0.15) is 6.10 Å². The predicted octanol–water partition coefficient (Wildman–Crippen LogP) is 0.979. The predicted molar refractivity (Wildman–Crippen MR) is 70.2 cm³/mol. The molecule has 1 aliphatic heterocycles. The van der Waals surface area contributed by atoms with Crippen LogP contribution in [0.3, 0.4) is 0 Å². The van der Waals surface area contributed by atoms with Crippen molar-refractivity contribution in [2.45, 2.75) is 26.5 Å². The third-order valence-electron chi connectivity index (χ3n) is 3.17. The second-order valence-electron chi connectivity index (χ2n) is 4.44. The molecule has 0 saturated carbocycles. The van der Waals surface area contributed by atoms with Crippen molar-refractivity contribution in [1.82, 2.24) is 20.2 Å². The van der Waals surface area contributed by atoms with Crippen LogP contribution in [-0.2, 0) is 11.3 Å². The summed E-state index contributed by atoms with van der Waals surface area (Å²) in [5.74, 6) is 0.809. The Morgan fingerprint density at radius 2 is 2.39 bits per heavy atom. The molecule has 1 saturated heterocycles. The highest BCUT2D eigenvalue weighted by molar-refractivity contribution is 5.05. The fourth-order valence-corrected chi connectivity index (χ4v) is 2.07. The molecule has 1 fully saturated rings. The first-order valence-electron chi connectivity index (χ1n) is 6.70. The van der Waals surface area contributed by atoms with E-state index in [1.165, 1.54) is 0 Å². The molecule has 2 heterocycles. The summed E-state index contributed by atoms with van der Waals surface area (Å²) in [6.07, 6.45) is 1.84. The van der Waals surface area contributed by atoms with Gasteiger partial charge in [0.05, 0.1) is 12.3 Å². The summed E-state index contributed by atoms with van der Waals surface area (Å²) in [6.45, 7) is 9.71. The number of morpholine rings is 1. The molecule has 0 aromatic carbocycles. The highest BCUT2D eigenvalue weighted by Gasteiger charge is 2.23. The van der Waals surface area contributed by atoms with E-state index in [2.05, 4.69) is 34.0 Å². The van der Waals surface area contributed by atoms with Gasteiger partial charge >= 0.3 is 0 Å². The smallest absolute Gasteiger partial charge is 0.158 e. The van der Waals surface area contributed by atoms with E-state index >= 15 is 0 Å². The molecule has 1 aliphatic rings. The van der Waals surface area contributed by atoms with Gasteiger partial charge in [0, 0.05) is 25.8 Å². The van der Waals surface area contributed by atoms with Crippen molar-refractivity contribution in [3.63, 3.8) is 0 Å². The molecular weight excluding hydrogens is 228 g/mol. The Kier molecular flexibility index (Phi) is 5.04. The van der Waals surface area contributed by atoms with Crippen LogP contribution < -0.4 is 5.32 Å². The number of rotatable bonds is 5. The van der Waals surface area contributed by atoms with Crippen LogP contribution in [0.1, 0.15) is 31.5 Å². The normalized spacial score (nSPS) is 21.1. The molecule has 18 heavy (non-hydrogen) atoms. The molecule has 0 bridgehead atoms. The summed E-state index contributed by atoms with van der Waals surface area (Å²) in [6, 6.07) is 1.95. The quantitative estimate of drug-likeness (QED) is 0.844. The number of aromatic nitrogens is 2. The average Bonchev–Trinajstić information content (AvgIpc) is 2.45. The van der Waals surface area contributed by atoms with Crippen LogP contribution in [-0.4, -0.2) is 47.7 Å². The van der Waals surface area contributed by atoms with Crippen molar-refractivity contribution in [2.24, 2.45) is 0 Å². The highest BCUT2D eigenvalue weighted by Crippen LogP contribution is 2.18. The lowest BCUT2D eigenvalue weighted by Gasteiger charge is -2.31. The van der Waals surface area contributed by atoms with Gasteiger partial charge in [0.15, 0.2) is 5.82 Å². The van der Waals surface area contributed by atoms with Crippen molar-refractivity contribution in [3.05, 3.63) is 23.8 Å². The van der Waals surface area contributed by atoms with E-state index in [-0.39, 0.29) is 6.10 Å². The molecule has 1 aromatic rings. The minimum Gasteiger partial charge on any atom is -0.368 e. The maximum Gasteiger partial charge on any atom is 0.158 e. The van der Waals surface area contributed by atoms with E-state index in [9.17, 15) is 0 Å². The van der Waals surface area contributed by atoms with E-state index in [1.807, 2.05) is 12.3 Å². The van der Waals surface area contributed by atoms with E-state index < -0.39 is 0 Å². The van der Waals surface area contributed by atoms with Gasteiger partial charge in [-0.25, -0.2) is 9.97 Å². The lowest BCUT2D eigenvalue weighted by atomic mass is 10.2. The number of hydrogen-bond donors (Lipinski definition) is 1. The Labute approximate surface area is 109 Å². The van der Waals surface area contributed by atoms with Gasteiger partial charge in [0.25, 0.3) is 0 Å². The average molecular weight is 250 g/mol. The summed E-state index contributed by atoms with van der Waals surface area (Å²) in [7, 11) is 0. The van der Waals surface area contributed by atoms with Crippen LogP contribution in [0.4, 0.5) is 0 Å². The summed E-state index contributed by atoms with van der Waals surface area (Å²) in [5.41, 5.74) is 1.03. The monoisotopic (exact) mass is 250 g/mol. The molecule has 1 unspecified atom stereocenters. The zero-order chi connectivity index (χ0) is 12.8. The Morgan fingerprint density at radius 3 is 3.17 bits per heavy atom. The van der Waals surface area contributed by atoms with Gasteiger partial charge in [-0.15, -0.1) is 0 Å². The molecule has 0 aliphatic carbocycles. The molecule has 5 nitrogen and oxygen atoms in total. The maximum atomic E-state index is 5.77. The van der Waals surface area contributed by atoms with Gasteiger partial charge in [0.2, 0.25) is 0 Å². The minimum atomic E-state index is 0.0141. The van der Waals surface area contributed by atoms with Gasteiger partial charge in [-0.05, 0) is 19.2 Å². The molecule has 1 N–H and O–H groups in total. The maximum absolute atomic E-state index is 5.77. The second kappa shape index (κ2) is 6.78. The summed E-state index contributed by atoms with van der Waals surface area (Å²) in [4.78, 5) is 11.3. The summed E-state index contributed by atoms with van der Waals surface area (Å²) >= 11 is 0. The lowest BCUT2D eigenvalue weighted by Crippen LogP contribution is -2.38. The third-order valence-corrected chi connectivity index (χ3v) is 3.17. The standard InChI is InChI=1S/C13H22N4O/c1-3-14-9-11-5-6-15-13(16-11)12-10-17(4-2)7-8-18-12/h5-6,12,14H,3-4,7-10H2,1-2H3. The first-order valence-corrected chi connectivity index (χ1v) is 6.70. The van der Waals surface area contributed by atoms with Gasteiger partial charge < -0.3 is 10.1 Å². The Bertz CT molecular complexity index is 372. The first-order chi connectivity index (χ1) is 8.83. The number of nitrogens with one attached hydrogen (secondary N) is 1. The number of hydrogen-bond acceptors (Lipinski definition) is 5. The van der Waals surface area contributed by atoms with Crippen LogP contribution in [0.15, 0.2) is 12.3 Å². The van der Waals surface area contributed by atoms with Crippen LogP contribution in [0.2, 0.25) is 0 Å². The van der Waals surface area contributed by atoms with Crippen molar-refractivity contribution < 1.29 is 4.74 Å². The molecule has 100 valence electrons. The van der Waals surface area contributed by atoms with Gasteiger partial charge in [-0.3, -0.25) is 4.90 Å². The number of ether oxygens (including phenoxy) is 1. The summed E-state index contributed by atoms with van der Waals surface area (Å²) in [5, 5.41) is 3.27. The molecule has 2 rings (SSSR count). The largest absolute Gasteiger partial charge is 0.368 e. The third kappa shape index (κ3) is 3.48. The SMILES string of the molecule is CCNCc1ccnc(C2CN(CC)CCO2)n1. The molecule has 0 amide bonds. The topological polar surface area (TPSA) is 50.3 Å². The Hall–Kier alpha value is -1.04. The summed E-state index contributed by atoms with van der Waals surface area (Å²) < 4.78 is 5.77. The van der Waals surface area contributed by atoms with Crippen LogP contribution in [0, 0.1) is 0 Å². The van der Waals surface area contributed by atoms with Crippen LogP contribution >= 0.6 is 0 Å². The van der Waals surface area contributed by atoms with Gasteiger partial charge in [-0.2, -0.15) is 0 Å². The number of likely N-dealkylation sites (N-methyl/N-ethyl adjacent to an activating group) is 1. The second-order valence-corrected chi connectivity index (χ2v) is 4.44. The molecular formula is C13H22N4O. The molecule has 1 atom stereocenters. The van der Waals surface area contributed by atoms with Crippen molar-refractivity contribution >= 4 is 0 Å². The minimum absolute atomic E-state index is 0.0141. The first kappa shape index (κ1) is 13.4. The van der Waals surface area contributed by atoms with Crippen LogP contribution in [0.25, 0.3) is 0 Å². The van der Waals surface area contributed by atoms with Crippen molar-refractivity contribution in [2.75, 3.05) is 32.8 Å². The number of nitrogens with zero attached hydrogens (tertiary/aromatic N) is 3. The zero-order valence-electron chi connectivity index (χ0n) is 11.2. The van der Waals surface area contributed by atoms with E-state index in [4.69, 9.17) is 4.74 Å². The molecule has 1 aromatic heterocycles. The van der Waals surface area contributed by atoms with E-state index in [1.54, 1.807) is 0 Å². The van der Waals surface area contributed by atoms with E-state index in [0.717, 1.165) is 50.8 Å².